The number of aromatic amines is 1. The second-order valence-corrected chi connectivity index (χ2v) is 6.47. The van der Waals surface area contributed by atoms with Crippen molar-refractivity contribution in [3.8, 4) is 0 Å². The number of hydrogen-bond acceptors (Lipinski definition) is 4. The Kier molecular flexibility index (Phi) is 2.76. The van der Waals surface area contributed by atoms with Crippen molar-refractivity contribution >= 4 is 26.7 Å². The van der Waals surface area contributed by atoms with E-state index in [4.69, 9.17) is 5.73 Å². The zero-order valence-electron chi connectivity index (χ0n) is 10.8. The lowest BCUT2D eigenvalue weighted by atomic mass is 10.2. The van der Waals surface area contributed by atoms with E-state index < -0.39 is 9.84 Å². The summed E-state index contributed by atoms with van der Waals surface area (Å²) < 4.78 is 25.4. The molecular weight excluding hydrogens is 274 g/mol. The van der Waals surface area contributed by atoms with Crippen LogP contribution in [0.25, 0.3) is 11.0 Å². The smallest absolute Gasteiger partial charge is 0.212 e. The highest BCUT2D eigenvalue weighted by atomic mass is 32.2. The van der Waals surface area contributed by atoms with Gasteiger partial charge in [-0.3, -0.25) is 4.98 Å². The Morgan fingerprint density at radius 2 is 1.85 bits per heavy atom. The van der Waals surface area contributed by atoms with Crippen molar-refractivity contribution in [1.29, 1.82) is 0 Å². The molecular formula is C14H13N3O2S. The first-order chi connectivity index (χ1) is 9.50. The molecule has 0 saturated heterocycles. The Bertz CT molecular complexity index is 880. The van der Waals surface area contributed by atoms with Crippen LogP contribution in [-0.4, -0.2) is 18.4 Å². The van der Waals surface area contributed by atoms with Crippen LogP contribution in [0.15, 0.2) is 52.4 Å². The molecule has 2 heterocycles. The highest BCUT2D eigenvalue weighted by Crippen LogP contribution is 2.31. The van der Waals surface area contributed by atoms with E-state index in [2.05, 4.69) is 9.97 Å². The van der Waals surface area contributed by atoms with Crippen LogP contribution in [0.3, 0.4) is 0 Å². The summed E-state index contributed by atoms with van der Waals surface area (Å²) in [7, 11) is -3.69. The lowest BCUT2D eigenvalue weighted by molar-refractivity contribution is 0.597. The number of aryl methyl sites for hydroxylation is 1. The van der Waals surface area contributed by atoms with E-state index in [0.717, 1.165) is 5.56 Å². The number of nitrogens with two attached hydrogens (primary N) is 1. The third-order valence-corrected chi connectivity index (χ3v) is 4.98. The maximum absolute atomic E-state index is 12.7. The number of nitrogen functional groups attached to an aromatic ring is 1. The van der Waals surface area contributed by atoms with Crippen molar-refractivity contribution in [2.45, 2.75) is 16.7 Å². The van der Waals surface area contributed by atoms with Crippen LogP contribution in [0.1, 0.15) is 5.56 Å². The standard InChI is InChI=1S/C14H13N3O2S/c1-9-4-6-10(7-5-9)20(18,19)13-12-11(17-14(13)15)3-2-8-16-12/h2-8,17H,15H2,1H3. The molecule has 0 amide bonds. The molecule has 1 aromatic carbocycles. The van der Waals surface area contributed by atoms with Gasteiger partial charge in [0, 0.05) is 6.20 Å². The first-order valence-corrected chi connectivity index (χ1v) is 7.52. The largest absolute Gasteiger partial charge is 0.384 e. The van der Waals surface area contributed by atoms with Gasteiger partial charge in [0.1, 0.15) is 16.2 Å². The summed E-state index contributed by atoms with van der Waals surface area (Å²) in [5, 5.41) is 0. The highest BCUT2D eigenvalue weighted by molar-refractivity contribution is 7.91. The molecule has 0 aliphatic heterocycles. The molecule has 3 N–H and O–H groups in total. The van der Waals surface area contributed by atoms with Gasteiger partial charge >= 0.3 is 0 Å². The summed E-state index contributed by atoms with van der Waals surface area (Å²) in [6.45, 7) is 1.90. The third-order valence-electron chi connectivity index (χ3n) is 3.14. The van der Waals surface area contributed by atoms with Gasteiger partial charge < -0.3 is 10.7 Å². The van der Waals surface area contributed by atoms with Gasteiger partial charge in [0.2, 0.25) is 9.84 Å². The van der Waals surface area contributed by atoms with Gasteiger partial charge in [-0.15, -0.1) is 0 Å². The lowest BCUT2D eigenvalue weighted by Crippen LogP contribution is -2.05. The molecule has 5 nitrogen and oxygen atoms in total. The summed E-state index contributed by atoms with van der Waals surface area (Å²) >= 11 is 0. The molecule has 0 unspecified atom stereocenters. The number of nitrogens with zero attached hydrogens (tertiary/aromatic N) is 1. The topological polar surface area (TPSA) is 88.8 Å². The SMILES string of the molecule is Cc1ccc(S(=O)(=O)c2c(N)[nH]c3cccnc23)cc1. The van der Waals surface area contributed by atoms with Crippen LogP contribution in [0, 0.1) is 6.92 Å². The average Bonchev–Trinajstić information content (AvgIpc) is 2.75. The number of nitrogens with one attached hydrogen (secondary N) is 1. The molecule has 0 radical (unpaired) electrons. The fourth-order valence-electron chi connectivity index (χ4n) is 2.12. The normalized spacial score (nSPS) is 11.8. The molecule has 0 fully saturated rings. The summed E-state index contributed by atoms with van der Waals surface area (Å²) in [5.74, 6) is 0.110. The van der Waals surface area contributed by atoms with Crippen molar-refractivity contribution < 1.29 is 8.42 Å². The maximum atomic E-state index is 12.7. The third kappa shape index (κ3) is 1.85. The molecule has 0 atom stereocenters. The number of anilines is 1. The minimum Gasteiger partial charge on any atom is -0.384 e. The minimum atomic E-state index is -3.69. The molecule has 3 rings (SSSR count). The lowest BCUT2D eigenvalue weighted by Gasteiger charge is -2.04. The van der Waals surface area contributed by atoms with Crippen LogP contribution in [-0.2, 0) is 9.84 Å². The van der Waals surface area contributed by atoms with Crippen LogP contribution >= 0.6 is 0 Å². The van der Waals surface area contributed by atoms with E-state index in [0.29, 0.717) is 11.0 Å². The van der Waals surface area contributed by atoms with Gasteiger partial charge in [-0.2, -0.15) is 0 Å². The van der Waals surface area contributed by atoms with Crippen molar-refractivity contribution in [3.05, 3.63) is 48.2 Å². The number of aromatic nitrogens is 2. The zero-order chi connectivity index (χ0) is 14.3. The monoisotopic (exact) mass is 287 g/mol. The van der Waals surface area contributed by atoms with E-state index in [1.807, 2.05) is 6.92 Å². The first kappa shape index (κ1) is 12.7. The summed E-state index contributed by atoms with van der Waals surface area (Å²) in [6, 6.07) is 10.1. The van der Waals surface area contributed by atoms with Crippen molar-refractivity contribution in [2.75, 3.05) is 5.73 Å². The molecule has 0 saturated carbocycles. The highest BCUT2D eigenvalue weighted by Gasteiger charge is 2.26. The Morgan fingerprint density at radius 1 is 1.15 bits per heavy atom. The van der Waals surface area contributed by atoms with Gasteiger partial charge in [-0.05, 0) is 31.2 Å². The van der Waals surface area contributed by atoms with Crippen molar-refractivity contribution in [2.24, 2.45) is 0 Å². The van der Waals surface area contributed by atoms with Crippen LogP contribution in [0.5, 0.6) is 0 Å². The molecule has 2 aromatic heterocycles. The van der Waals surface area contributed by atoms with Gasteiger partial charge in [-0.25, -0.2) is 8.42 Å². The number of pyridine rings is 1. The van der Waals surface area contributed by atoms with E-state index in [9.17, 15) is 8.42 Å². The van der Waals surface area contributed by atoms with E-state index in [1.54, 1.807) is 42.6 Å². The molecule has 0 spiro atoms. The number of sulfone groups is 1. The average molecular weight is 287 g/mol. The zero-order valence-corrected chi connectivity index (χ0v) is 11.6. The predicted molar refractivity (Wildman–Crippen MR) is 77.1 cm³/mol. The van der Waals surface area contributed by atoms with Crippen molar-refractivity contribution in [1.82, 2.24) is 9.97 Å². The first-order valence-electron chi connectivity index (χ1n) is 6.04. The van der Waals surface area contributed by atoms with Gasteiger partial charge in [0.15, 0.2) is 0 Å². The summed E-state index contributed by atoms with van der Waals surface area (Å²) in [4.78, 5) is 7.22. The van der Waals surface area contributed by atoms with Crippen LogP contribution in [0.4, 0.5) is 5.82 Å². The molecule has 3 aromatic rings. The van der Waals surface area contributed by atoms with E-state index in [1.165, 1.54) is 0 Å². The summed E-state index contributed by atoms with van der Waals surface area (Å²) in [5.41, 5.74) is 7.80. The fraction of sp³-hybridized carbons (Fsp3) is 0.0714. The van der Waals surface area contributed by atoms with Crippen LogP contribution in [0.2, 0.25) is 0 Å². The molecule has 0 aliphatic rings. The Morgan fingerprint density at radius 3 is 2.55 bits per heavy atom. The number of H-pyrrole nitrogens is 1. The number of benzene rings is 1. The fourth-order valence-corrected chi connectivity index (χ4v) is 3.61. The van der Waals surface area contributed by atoms with Gasteiger partial charge in [-0.1, -0.05) is 17.7 Å². The van der Waals surface area contributed by atoms with E-state index in [-0.39, 0.29) is 15.6 Å². The minimum absolute atomic E-state index is 0.0388. The number of fused-ring (bicyclic) bond motifs is 1. The summed E-state index contributed by atoms with van der Waals surface area (Å²) in [6.07, 6.45) is 1.55. The second kappa shape index (κ2) is 4.35. The van der Waals surface area contributed by atoms with Crippen molar-refractivity contribution in [3.63, 3.8) is 0 Å². The molecule has 20 heavy (non-hydrogen) atoms. The van der Waals surface area contributed by atoms with Gasteiger partial charge in [0.05, 0.1) is 10.4 Å². The Balaban J connectivity index is 2.29. The molecule has 0 aliphatic carbocycles. The van der Waals surface area contributed by atoms with Gasteiger partial charge in [0.25, 0.3) is 0 Å². The van der Waals surface area contributed by atoms with E-state index >= 15 is 0 Å². The Labute approximate surface area is 116 Å². The van der Waals surface area contributed by atoms with Crippen LogP contribution < -0.4 is 5.73 Å². The Hall–Kier alpha value is -2.34. The number of hydrogen-bond donors (Lipinski definition) is 2. The molecule has 6 heteroatoms. The quantitative estimate of drug-likeness (QED) is 0.756. The molecule has 102 valence electrons. The molecule has 0 bridgehead atoms. The predicted octanol–water partition coefficient (Wildman–Crippen LogP) is 2.29. The number of rotatable bonds is 2. The maximum Gasteiger partial charge on any atom is 0.212 e. The second-order valence-electron chi connectivity index (χ2n) is 4.58.